The number of rotatable bonds is 0. The molecule has 1 aliphatic carbocycles. The monoisotopic (exact) mass is 170 g/mol. The van der Waals surface area contributed by atoms with Crippen molar-refractivity contribution < 1.29 is 8.42 Å². The van der Waals surface area contributed by atoms with Crippen LogP contribution in [0.5, 0.6) is 0 Å². The van der Waals surface area contributed by atoms with Gasteiger partial charge in [0.15, 0.2) is 9.84 Å². The quantitative estimate of drug-likeness (QED) is 0.538. The molecule has 0 unspecified atom stereocenters. The van der Waals surface area contributed by atoms with Crippen LogP contribution >= 0.6 is 0 Å². The minimum Gasteiger partial charge on any atom is -0.229 e. The van der Waals surface area contributed by atoms with Crippen LogP contribution in [0.3, 0.4) is 0 Å². The molecule has 2 rings (SSSR count). The van der Waals surface area contributed by atoms with Gasteiger partial charge in [0.05, 0.1) is 11.5 Å². The molecule has 2 atom stereocenters. The standard InChI is InChI=1S/C8H10O2S/c9-11(10)5-7-3-1-2-4-8(7)6-11/h1-4,7-8H,5-6H2/t7-,8-/m0/s1. The smallest absolute Gasteiger partial charge is 0.151 e. The lowest BCUT2D eigenvalue weighted by Gasteiger charge is -2.11. The molecule has 1 fully saturated rings. The first-order chi connectivity index (χ1) is 5.17. The van der Waals surface area contributed by atoms with Gasteiger partial charge in [-0.3, -0.25) is 0 Å². The van der Waals surface area contributed by atoms with E-state index in [0.29, 0.717) is 11.5 Å². The summed E-state index contributed by atoms with van der Waals surface area (Å²) in [6, 6.07) is 0. The van der Waals surface area contributed by atoms with Crippen LogP contribution in [0.1, 0.15) is 0 Å². The largest absolute Gasteiger partial charge is 0.229 e. The second-order valence-electron chi connectivity index (χ2n) is 3.17. The zero-order valence-corrected chi connectivity index (χ0v) is 6.92. The highest BCUT2D eigenvalue weighted by atomic mass is 32.2. The molecule has 0 N–H and O–H groups in total. The van der Waals surface area contributed by atoms with Gasteiger partial charge in [-0.25, -0.2) is 8.42 Å². The van der Waals surface area contributed by atoms with Crippen molar-refractivity contribution in [1.82, 2.24) is 0 Å². The van der Waals surface area contributed by atoms with E-state index in [9.17, 15) is 8.42 Å². The molecule has 0 aromatic rings. The third kappa shape index (κ3) is 1.25. The van der Waals surface area contributed by atoms with Crippen molar-refractivity contribution >= 4 is 9.84 Å². The first-order valence-corrected chi connectivity index (χ1v) is 5.55. The molecule has 0 spiro atoms. The highest BCUT2D eigenvalue weighted by molar-refractivity contribution is 7.91. The molecular weight excluding hydrogens is 160 g/mol. The van der Waals surface area contributed by atoms with E-state index in [4.69, 9.17) is 0 Å². The fraction of sp³-hybridized carbons (Fsp3) is 0.500. The fourth-order valence-electron chi connectivity index (χ4n) is 1.71. The van der Waals surface area contributed by atoms with Crippen molar-refractivity contribution in [2.24, 2.45) is 11.8 Å². The lowest BCUT2D eigenvalue weighted by atomic mass is 9.92. The molecule has 3 heteroatoms. The Bertz CT molecular complexity index is 285. The Labute approximate surface area is 66.5 Å². The Morgan fingerprint density at radius 2 is 1.45 bits per heavy atom. The zero-order chi connectivity index (χ0) is 7.90. The number of hydrogen-bond donors (Lipinski definition) is 0. The molecule has 60 valence electrons. The van der Waals surface area contributed by atoms with Crippen LogP contribution in [0.4, 0.5) is 0 Å². The average molecular weight is 170 g/mol. The Morgan fingerprint density at radius 1 is 1.00 bits per heavy atom. The third-order valence-electron chi connectivity index (χ3n) is 2.27. The molecule has 2 aliphatic rings. The second-order valence-corrected chi connectivity index (χ2v) is 5.33. The van der Waals surface area contributed by atoms with Gasteiger partial charge >= 0.3 is 0 Å². The van der Waals surface area contributed by atoms with Crippen molar-refractivity contribution in [3.05, 3.63) is 24.3 Å². The maximum Gasteiger partial charge on any atom is 0.151 e. The molecule has 0 aromatic heterocycles. The van der Waals surface area contributed by atoms with E-state index in [1.165, 1.54) is 0 Å². The summed E-state index contributed by atoms with van der Waals surface area (Å²) >= 11 is 0. The van der Waals surface area contributed by atoms with Crippen molar-refractivity contribution in [2.75, 3.05) is 11.5 Å². The van der Waals surface area contributed by atoms with Gasteiger partial charge < -0.3 is 0 Å². The molecule has 0 bridgehead atoms. The minimum atomic E-state index is -2.73. The minimum absolute atomic E-state index is 0.255. The molecule has 2 nitrogen and oxygen atoms in total. The normalized spacial score (nSPS) is 38.9. The van der Waals surface area contributed by atoms with E-state index in [1.54, 1.807) is 0 Å². The summed E-state index contributed by atoms with van der Waals surface area (Å²) in [5.41, 5.74) is 0. The van der Waals surface area contributed by atoms with Crippen LogP contribution in [0.15, 0.2) is 24.3 Å². The summed E-state index contributed by atoms with van der Waals surface area (Å²) in [6.07, 6.45) is 7.86. The predicted molar refractivity (Wildman–Crippen MR) is 43.9 cm³/mol. The first-order valence-electron chi connectivity index (χ1n) is 3.73. The summed E-state index contributed by atoms with van der Waals surface area (Å²) in [4.78, 5) is 0. The van der Waals surface area contributed by atoms with Gasteiger partial charge in [-0.1, -0.05) is 24.3 Å². The Morgan fingerprint density at radius 3 is 1.91 bits per heavy atom. The number of allylic oxidation sites excluding steroid dienone is 4. The lowest BCUT2D eigenvalue weighted by Crippen LogP contribution is -2.08. The van der Waals surface area contributed by atoms with Crippen LogP contribution in [0.25, 0.3) is 0 Å². The number of fused-ring (bicyclic) bond motifs is 1. The van der Waals surface area contributed by atoms with Gasteiger partial charge in [-0.05, 0) is 11.8 Å². The highest BCUT2D eigenvalue weighted by Gasteiger charge is 2.34. The van der Waals surface area contributed by atoms with Crippen molar-refractivity contribution in [3.63, 3.8) is 0 Å². The van der Waals surface area contributed by atoms with Crippen molar-refractivity contribution in [2.45, 2.75) is 0 Å². The topological polar surface area (TPSA) is 34.1 Å². The van der Waals surface area contributed by atoms with E-state index < -0.39 is 9.84 Å². The van der Waals surface area contributed by atoms with Gasteiger partial charge in [0.25, 0.3) is 0 Å². The second kappa shape index (κ2) is 2.21. The Kier molecular flexibility index (Phi) is 1.42. The van der Waals surface area contributed by atoms with E-state index in [0.717, 1.165) is 0 Å². The van der Waals surface area contributed by atoms with Gasteiger partial charge in [-0.2, -0.15) is 0 Å². The number of sulfone groups is 1. The lowest BCUT2D eigenvalue weighted by molar-refractivity contribution is 0.595. The highest BCUT2D eigenvalue weighted by Crippen LogP contribution is 2.29. The van der Waals surface area contributed by atoms with Gasteiger partial charge in [0, 0.05) is 0 Å². The SMILES string of the molecule is O=S1(=O)C[C@@H]2C=CC=C[C@H]2C1. The summed E-state index contributed by atoms with van der Waals surface area (Å²) in [5.74, 6) is 1.20. The molecule has 0 amide bonds. The van der Waals surface area contributed by atoms with E-state index in [1.807, 2.05) is 24.3 Å². The van der Waals surface area contributed by atoms with Gasteiger partial charge in [0.2, 0.25) is 0 Å². The summed E-state index contributed by atoms with van der Waals surface area (Å²) < 4.78 is 22.3. The summed E-state index contributed by atoms with van der Waals surface area (Å²) in [5, 5.41) is 0. The van der Waals surface area contributed by atoms with E-state index >= 15 is 0 Å². The molecule has 0 aromatic carbocycles. The van der Waals surface area contributed by atoms with Crippen molar-refractivity contribution in [3.8, 4) is 0 Å². The molecule has 1 heterocycles. The third-order valence-corrected chi connectivity index (χ3v) is 4.06. The Balaban J connectivity index is 2.32. The number of hydrogen-bond acceptors (Lipinski definition) is 2. The summed E-state index contributed by atoms with van der Waals surface area (Å²) in [7, 11) is -2.73. The van der Waals surface area contributed by atoms with Gasteiger partial charge in [-0.15, -0.1) is 0 Å². The molecular formula is C8H10O2S. The molecule has 1 aliphatic heterocycles. The van der Waals surface area contributed by atoms with Crippen LogP contribution in [0, 0.1) is 11.8 Å². The van der Waals surface area contributed by atoms with E-state index in [2.05, 4.69) is 0 Å². The van der Waals surface area contributed by atoms with Crippen LogP contribution in [0.2, 0.25) is 0 Å². The Hall–Kier alpha value is -0.570. The van der Waals surface area contributed by atoms with Gasteiger partial charge in [0.1, 0.15) is 0 Å². The fourth-order valence-corrected chi connectivity index (χ4v) is 3.74. The molecule has 11 heavy (non-hydrogen) atoms. The van der Waals surface area contributed by atoms with Crippen LogP contribution in [-0.2, 0) is 9.84 Å². The molecule has 0 radical (unpaired) electrons. The van der Waals surface area contributed by atoms with E-state index in [-0.39, 0.29) is 11.8 Å². The molecule has 0 saturated carbocycles. The maximum absolute atomic E-state index is 11.1. The average Bonchev–Trinajstić information content (AvgIpc) is 2.21. The van der Waals surface area contributed by atoms with Crippen molar-refractivity contribution in [1.29, 1.82) is 0 Å². The first kappa shape index (κ1) is 7.10. The molecule has 1 saturated heterocycles. The van der Waals surface area contributed by atoms with Crippen LogP contribution in [-0.4, -0.2) is 19.9 Å². The zero-order valence-electron chi connectivity index (χ0n) is 6.10. The maximum atomic E-state index is 11.1. The predicted octanol–water partition coefficient (Wildman–Crippen LogP) is 0.773. The van der Waals surface area contributed by atoms with Crippen LogP contribution < -0.4 is 0 Å². The summed E-state index contributed by atoms with van der Waals surface area (Å²) in [6.45, 7) is 0.